The highest BCUT2D eigenvalue weighted by molar-refractivity contribution is 5.80. The summed E-state index contributed by atoms with van der Waals surface area (Å²) in [6.07, 6.45) is 7.20. The smallest absolute Gasteiger partial charge is 0.380 e. The summed E-state index contributed by atoms with van der Waals surface area (Å²) >= 11 is 0. The molecule has 2 aromatic carbocycles. The molecule has 1 aliphatic rings. The highest BCUT2D eigenvalue weighted by atomic mass is 19.4. The third kappa shape index (κ3) is 12.1. The Labute approximate surface area is 263 Å². The Morgan fingerprint density at radius 2 is 1.84 bits per heavy atom. The van der Waals surface area contributed by atoms with Crippen LogP contribution >= 0.6 is 0 Å². The van der Waals surface area contributed by atoms with Crippen molar-refractivity contribution in [3.8, 4) is 0 Å². The highest BCUT2D eigenvalue weighted by Gasteiger charge is 2.35. The van der Waals surface area contributed by atoms with Crippen LogP contribution in [-0.2, 0) is 16.9 Å². The minimum absolute atomic E-state index is 0.166. The fraction of sp³-hybridized carbons (Fsp3) is 0.333. The fourth-order valence-electron chi connectivity index (χ4n) is 4.47. The molecular formula is C36H43F4N3O2. The molecule has 0 bridgehead atoms. The van der Waals surface area contributed by atoms with Crippen LogP contribution in [0.15, 0.2) is 103 Å². The average molecular weight is 626 g/mol. The SMILES string of the molecule is C=CC.CC/C=C(/C=C(/C=O)Nc1cccc(CN)c1)C(F)(F)F.Cc1cc(C(O)(CCC2CC2)c2cccnc2)ccc1F. The van der Waals surface area contributed by atoms with Crippen LogP contribution in [-0.4, -0.2) is 22.6 Å². The molecular weight excluding hydrogens is 582 g/mol. The Balaban J connectivity index is 0.000000288. The molecule has 1 aromatic heterocycles. The molecule has 9 heteroatoms. The minimum Gasteiger partial charge on any atom is -0.380 e. The first-order valence-corrected chi connectivity index (χ1v) is 14.9. The number of aryl methyl sites for hydroxylation is 1. The summed E-state index contributed by atoms with van der Waals surface area (Å²) in [4.78, 5) is 15.1. The van der Waals surface area contributed by atoms with Gasteiger partial charge in [-0.15, -0.1) is 6.58 Å². The number of nitrogens with one attached hydrogen (secondary N) is 1. The van der Waals surface area contributed by atoms with Crippen LogP contribution in [0.5, 0.6) is 0 Å². The number of carbonyl (C=O) groups excluding carboxylic acids is 1. The number of aromatic nitrogens is 1. The zero-order chi connectivity index (χ0) is 33.5. The minimum atomic E-state index is -4.49. The number of aliphatic hydroxyl groups is 1. The van der Waals surface area contributed by atoms with E-state index in [9.17, 15) is 27.5 Å². The molecule has 1 heterocycles. The molecule has 1 saturated carbocycles. The maximum atomic E-state index is 13.5. The lowest BCUT2D eigenvalue weighted by Crippen LogP contribution is -2.28. The van der Waals surface area contributed by atoms with E-state index in [0.29, 0.717) is 30.5 Å². The number of anilines is 1. The van der Waals surface area contributed by atoms with Gasteiger partial charge >= 0.3 is 6.18 Å². The number of hydrogen-bond acceptors (Lipinski definition) is 5. The summed E-state index contributed by atoms with van der Waals surface area (Å²) < 4.78 is 51.9. The number of nitrogens with two attached hydrogens (primary N) is 1. The largest absolute Gasteiger partial charge is 0.416 e. The van der Waals surface area contributed by atoms with E-state index >= 15 is 0 Å². The summed E-state index contributed by atoms with van der Waals surface area (Å²) in [7, 11) is 0. The van der Waals surface area contributed by atoms with Crippen molar-refractivity contribution in [1.29, 1.82) is 0 Å². The van der Waals surface area contributed by atoms with Gasteiger partial charge in [0.2, 0.25) is 0 Å². The summed E-state index contributed by atoms with van der Waals surface area (Å²) in [6.45, 7) is 8.88. The monoisotopic (exact) mass is 625 g/mol. The lowest BCUT2D eigenvalue weighted by molar-refractivity contribution is -0.104. The number of carbonyl (C=O) groups is 1. The van der Waals surface area contributed by atoms with E-state index in [1.165, 1.54) is 18.9 Å². The predicted molar refractivity (Wildman–Crippen MR) is 173 cm³/mol. The summed E-state index contributed by atoms with van der Waals surface area (Å²) in [5.74, 6) is 0.490. The van der Waals surface area contributed by atoms with Crippen molar-refractivity contribution >= 4 is 12.0 Å². The zero-order valence-electron chi connectivity index (χ0n) is 26.1. The van der Waals surface area contributed by atoms with E-state index < -0.39 is 17.4 Å². The topological polar surface area (TPSA) is 88.2 Å². The molecule has 4 N–H and O–H groups in total. The van der Waals surface area contributed by atoms with Crippen LogP contribution in [0.2, 0.25) is 0 Å². The van der Waals surface area contributed by atoms with Crippen LogP contribution in [0, 0.1) is 18.7 Å². The molecule has 5 nitrogen and oxygen atoms in total. The predicted octanol–water partition coefficient (Wildman–Crippen LogP) is 8.69. The van der Waals surface area contributed by atoms with Crippen molar-refractivity contribution in [2.75, 3.05) is 5.32 Å². The Morgan fingerprint density at radius 1 is 1.13 bits per heavy atom. The average Bonchev–Trinajstić information content (AvgIpc) is 3.86. The molecule has 1 aliphatic carbocycles. The van der Waals surface area contributed by atoms with Crippen LogP contribution in [0.4, 0.5) is 23.2 Å². The van der Waals surface area contributed by atoms with Crippen molar-refractivity contribution in [2.24, 2.45) is 11.7 Å². The lowest BCUT2D eigenvalue weighted by Gasteiger charge is -2.29. The van der Waals surface area contributed by atoms with Gasteiger partial charge < -0.3 is 16.2 Å². The second-order valence-corrected chi connectivity index (χ2v) is 10.8. The third-order valence-corrected chi connectivity index (χ3v) is 7.03. The first kappa shape index (κ1) is 37.1. The number of nitrogens with zero attached hydrogens (tertiary/aromatic N) is 1. The Morgan fingerprint density at radius 3 is 2.38 bits per heavy atom. The molecule has 4 rings (SSSR count). The van der Waals surface area contributed by atoms with Gasteiger partial charge in [0.1, 0.15) is 11.4 Å². The first-order chi connectivity index (χ1) is 21.4. The van der Waals surface area contributed by atoms with Gasteiger partial charge in [-0.25, -0.2) is 4.39 Å². The van der Waals surface area contributed by atoms with Crippen molar-refractivity contribution in [3.05, 3.63) is 131 Å². The van der Waals surface area contributed by atoms with Crippen molar-refractivity contribution < 1.29 is 27.5 Å². The molecule has 0 saturated heterocycles. The maximum Gasteiger partial charge on any atom is 0.416 e. The third-order valence-electron chi connectivity index (χ3n) is 7.03. The normalized spacial score (nSPS) is 14.6. The van der Waals surface area contributed by atoms with Crippen LogP contribution in [0.3, 0.4) is 0 Å². The van der Waals surface area contributed by atoms with Gasteiger partial charge in [-0.1, -0.05) is 56.2 Å². The van der Waals surface area contributed by atoms with Crippen molar-refractivity contribution in [1.82, 2.24) is 4.98 Å². The number of allylic oxidation sites excluding steroid dienone is 5. The number of alkyl halides is 3. The first-order valence-electron chi connectivity index (χ1n) is 14.9. The molecule has 0 spiro atoms. The number of aldehydes is 1. The summed E-state index contributed by atoms with van der Waals surface area (Å²) in [5.41, 5.74) is 6.78. The number of hydrogen-bond donors (Lipinski definition) is 3. The van der Waals surface area contributed by atoms with E-state index in [2.05, 4.69) is 16.9 Å². The van der Waals surface area contributed by atoms with Crippen molar-refractivity contribution in [2.45, 2.75) is 71.2 Å². The number of pyridine rings is 1. The van der Waals surface area contributed by atoms with E-state index in [0.717, 1.165) is 41.2 Å². The Kier molecular flexibility index (Phi) is 14.9. The van der Waals surface area contributed by atoms with Crippen molar-refractivity contribution in [3.63, 3.8) is 0 Å². The second kappa shape index (κ2) is 18.0. The maximum absolute atomic E-state index is 13.5. The van der Waals surface area contributed by atoms with Gasteiger partial charge in [0.25, 0.3) is 0 Å². The van der Waals surface area contributed by atoms with Gasteiger partial charge in [-0.2, -0.15) is 13.2 Å². The van der Waals surface area contributed by atoms with E-state index in [-0.39, 0.29) is 17.9 Å². The number of rotatable bonds is 11. The van der Waals surface area contributed by atoms with Gasteiger partial charge in [0.05, 0.1) is 11.3 Å². The summed E-state index contributed by atoms with van der Waals surface area (Å²) in [6, 6.07) is 15.4. The molecule has 1 atom stereocenters. The molecule has 3 aromatic rings. The number of benzene rings is 2. The Hall–Kier alpha value is -4.08. The lowest BCUT2D eigenvalue weighted by atomic mass is 9.82. The van der Waals surface area contributed by atoms with Gasteiger partial charge in [0.15, 0.2) is 6.29 Å². The molecule has 0 aliphatic heterocycles. The molecule has 45 heavy (non-hydrogen) atoms. The second-order valence-electron chi connectivity index (χ2n) is 10.8. The molecule has 1 fully saturated rings. The van der Waals surface area contributed by atoms with Gasteiger partial charge in [-0.05, 0) is 92.1 Å². The van der Waals surface area contributed by atoms with Gasteiger partial charge in [-0.3, -0.25) is 9.78 Å². The number of halogens is 4. The fourth-order valence-corrected chi connectivity index (χ4v) is 4.47. The summed E-state index contributed by atoms with van der Waals surface area (Å²) in [5, 5.41) is 13.9. The highest BCUT2D eigenvalue weighted by Crippen LogP contribution is 2.41. The standard InChI is InChI=1S/C18H20FNO.C15H17F3N2O.C3H6/c1-13-11-15(6-7-17(13)19)18(21,9-8-14-4-5-14)16-3-2-10-20-12-16;1-2-4-12(15(16,17)18)8-14(10-21)20-13-6-3-5-11(7-13)9-19;1-3-2/h2-3,6-7,10-12,14,21H,4-5,8-9H2,1H3;3-8,10,20H,2,9,19H2,1H3;3H,1H2,2H3/b;12-4-,14-8-;. The van der Waals surface area contributed by atoms with Crippen LogP contribution in [0.25, 0.3) is 0 Å². The molecule has 0 amide bonds. The van der Waals surface area contributed by atoms with Crippen LogP contribution < -0.4 is 11.1 Å². The molecule has 242 valence electrons. The molecule has 1 unspecified atom stereocenters. The zero-order valence-corrected chi connectivity index (χ0v) is 26.1. The van der Waals surface area contributed by atoms with Gasteiger partial charge in [0, 0.05) is 30.2 Å². The van der Waals surface area contributed by atoms with E-state index in [1.54, 1.807) is 68.7 Å². The van der Waals surface area contributed by atoms with E-state index in [4.69, 9.17) is 5.73 Å². The van der Waals surface area contributed by atoms with Crippen LogP contribution in [0.1, 0.15) is 68.2 Å². The van der Waals surface area contributed by atoms with E-state index in [1.807, 2.05) is 19.1 Å². The Bertz CT molecular complexity index is 1430. The quantitative estimate of drug-likeness (QED) is 0.0653. The molecule has 0 radical (unpaired) electrons.